The summed E-state index contributed by atoms with van der Waals surface area (Å²) in [6.07, 6.45) is 14.9. The molecule has 8 bridgehead atoms. The number of nitrogens with one attached hydrogen (secondary N) is 4. The van der Waals surface area contributed by atoms with Crippen LogP contribution in [-0.4, -0.2) is 46.4 Å². The number of carbonyl (C=O) groups is 3. The molecule has 6 rings (SSSR count). The maximum atomic E-state index is 14.3. The first kappa shape index (κ1) is 38.7. The average molecular weight is 733 g/mol. The largest absolute Gasteiger partial charge is 0.468 e. The highest BCUT2D eigenvalue weighted by molar-refractivity contribution is 6.24. The number of methoxy groups -OCH3 is 1. The molecule has 54 heavy (non-hydrogen) atoms. The lowest BCUT2D eigenvalue weighted by molar-refractivity contribution is -0.143. The van der Waals surface area contributed by atoms with Crippen molar-refractivity contribution in [1.82, 2.24) is 20.3 Å². The van der Waals surface area contributed by atoms with Gasteiger partial charge in [-0.1, -0.05) is 52.3 Å². The molecule has 3 atom stereocenters. The van der Waals surface area contributed by atoms with Crippen molar-refractivity contribution in [2.75, 3.05) is 13.7 Å². The Labute approximate surface area is 318 Å². The molecule has 286 valence electrons. The summed E-state index contributed by atoms with van der Waals surface area (Å²) in [6, 6.07) is 0. The minimum Gasteiger partial charge on any atom is -0.468 e. The zero-order chi connectivity index (χ0) is 39.0. The fraction of sp³-hybridized carbons (Fsp3) is 0.444. The summed E-state index contributed by atoms with van der Waals surface area (Å²) in [5, 5.41) is 5.63. The highest BCUT2D eigenvalue weighted by Gasteiger charge is 2.48. The van der Waals surface area contributed by atoms with Gasteiger partial charge in [0.1, 0.15) is 12.5 Å². The molecule has 0 radical (unpaired) electrons. The molecule has 0 unspecified atom stereocenters. The van der Waals surface area contributed by atoms with Crippen molar-refractivity contribution < 1.29 is 23.9 Å². The third-order valence-electron chi connectivity index (χ3n) is 11.8. The minimum atomic E-state index is -1.14. The number of H-pyrrole nitrogens is 3. The lowest BCUT2D eigenvalue weighted by atomic mass is 9.85. The van der Waals surface area contributed by atoms with Gasteiger partial charge in [-0.05, 0) is 106 Å². The first-order chi connectivity index (χ1) is 25.8. The van der Waals surface area contributed by atoms with Crippen LogP contribution in [0.2, 0.25) is 0 Å². The van der Waals surface area contributed by atoms with Crippen molar-refractivity contribution in [2.24, 2.45) is 23.7 Å². The molecule has 0 amide bonds. The lowest BCUT2D eigenvalue weighted by Crippen LogP contribution is -2.25. The molecule has 2 aliphatic heterocycles. The first-order valence-corrected chi connectivity index (χ1v) is 19.4. The van der Waals surface area contributed by atoms with E-state index in [4.69, 9.17) is 9.47 Å². The van der Waals surface area contributed by atoms with Gasteiger partial charge in [0, 0.05) is 74.1 Å². The number of esters is 2. The molecule has 0 spiro atoms. The maximum Gasteiger partial charge on any atom is 0.321 e. The van der Waals surface area contributed by atoms with E-state index in [-0.39, 0.29) is 36.6 Å². The molecule has 3 aromatic heterocycles. The van der Waals surface area contributed by atoms with Crippen LogP contribution in [0.15, 0.2) is 29.6 Å². The van der Waals surface area contributed by atoms with Crippen LogP contribution in [0.4, 0.5) is 0 Å². The smallest absolute Gasteiger partial charge is 0.321 e. The highest BCUT2D eigenvalue weighted by atomic mass is 16.5. The number of aromatic nitrogens is 3. The molecule has 1 saturated heterocycles. The van der Waals surface area contributed by atoms with E-state index in [1.807, 2.05) is 19.1 Å². The van der Waals surface area contributed by atoms with Crippen molar-refractivity contribution >= 4 is 47.6 Å². The predicted octanol–water partition coefficient (Wildman–Crippen LogP) is 7.46. The SMILES string of the molecule is C=Cc1c2[nH]c(c1C)/C=C1\N/C(=C3\c4[nH]c(c(C)c4C(=O)[C@@H]3C(=O)OC)/C=c3\[nH]/c(c(C)c3CC)=C\2)[C@@H](CCC(=O)OC/C=C(\C)CCCC(C)C)[C@@H]1C. The van der Waals surface area contributed by atoms with E-state index in [9.17, 15) is 14.4 Å². The van der Waals surface area contributed by atoms with Crippen LogP contribution in [0.3, 0.4) is 0 Å². The van der Waals surface area contributed by atoms with E-state index in [0.29, 0.717) is 29.2 Å². The van der Waals surface area contributed by atoms with Gasteiger partial charge >= 0.3 is 11.9 Å². The zero-order valence-electron chi connectivity index (χ0n) is 33.4. The average Bonchev–Trinajstić information content (AvgIpc) is 3.87. The number of ether oxygens (including phenoxy) is 2. The van der Waals surface area contributed by atoms with Gasteiger partial charge in [0.2, 0.25) is 0 Å². The van der Waals surface area contributed by atoms with Crippen LogP contribution < -0.4 is 16.0 Å². The molecule has 9 heteroatoms. The first-order valence-electron chi connectivity index (χ1n) is 19.4. The number of Topliss-reactive ketones (excluding diaryl/α,β-unsaturated/α-hetero) is 1. The normalized spacial score (nSPS) is 22.6. The fourth-order valence-electron chi connectivity index (χ4n) is 8.51. The molecular weight excluding hydrogens is 677 g/mol. The molecule has 3 aliphatic rings. The summed E-state index contributed by atoms with van der Waals surface area (Å²) < 4.78 is 11.0. The Balaban J connectivity index is 1.47. The second kappa shape index (κ2) is 15.7. The number of carbonyl (C=O) groups excluding carboxylic acids is 3. The Morgan fingerprint density at radius 1 is 0.963 bits per heavy atom. The van der Waals surface area contributed by atoms with Gasteiger partial charge in [-0.3, -0.25) is 14.4 Å². The molecule has 1 aliphatic carbocycles. The van der Waals surface area contributed by atoms with Gasteiger partial charge in [0.05, 0.1) is 12.8 Å². The summed E-state index contributed by atoms with van der Waals surface area (Å²) in [5.74, 6) is -1.95. The Hall–Kier alpha value is -5.05. The van der Waals surface area contributed by atoms with Gasteiger partial charge < -0.3 is 29.7 Å². The van der Waals surface area contributed by atoms with Crippen molar-refractivity contribution in [2.45, 2.75) is 93.9 Å². The highest BCUT2D eigenvalue weighted by Crippen LogP contribution is 2.48. The summed E-state index contributed by atoms with van der Waals surface area (Å²) >= 11 is 0. The van der Waals surface area contributed by atoms with Gasteiger partial charge in [0.25, 0.3) is 0 Å². The quantitative estimate of drug-likeness (QED) is 0.0870. The number of allylic oxidation sites excluding steroid dienone is 3. The second-order valence-corrected chi connectivity index (χ2v) is 15.6. The third-order valence-corrected chi connectivity index (χ3v) is 11.8. The van der Waals surface area contributed by atoms with Crippen molar-refractivity contribution in [3.8, 4) is 0 Å². The van der Waals surface area contributed by atoms with Crippen LogP contribution in [0.1, 0.15) is 128 Å². The second-order valence-electron chi connectivity index (χ2n) is 15.6. The van der Waals surface area contributed by atoms with Crippen LogP contribution in [0.25, 0.3) is 29.9 Å². The van der Waals surface area contributed by atoms with Crippen molar-refractivity contribution in [3.63, 3.8) is 0 Å². The molecular formula is C45H56N4O5. The van der Waals surface area contributed by atoms with Crippen molar-refractivity contribution in [1.29, 1.82) is 0 Å². The number of ketones is 1. The van der Waals surface area contributed by atoms with Crippen LogP contribution >= 0.6 is 0 Å². The van der Waals surface area contributed by atoms with E-state index >= 15 is 0 Å². The fourth-order valence-corrected chi connectivity index (χ4v) is 8.51. The molecule has 1 fully saturated rings. The molecule has 0 aromatic carbocycles. The monoisotopic (exact) mass is 732 g/mol. The standard InChI is InChI=1S/C45H56N4O5/c1-11-29-25(6)32-20-34-27(8)31(16-17-38(50)54-19-18-24(5)15-13-14-23(3)4)42(48-34)40-41(45(52)53-10)44(51)39-28(9)35(49-43(39)40)22-37-30(12-2)26(7)33(47-37)21-36(29)46-32/h11,18,20-23,27,31,41,46-49H,1,12-17,19H2,2-10H3/b24-18+,33-21-,34-20-,37-22-,42-40-/t27-,31-,41+/m0/s1. The molecule has 9 nitrogen and oxygen atoms in total. The Morgan fingerprint density at radius 2 is 1.69 bits per heavy atom. The maximum absolute atomic E-state index is 14.3. The van der Waals surface area contributed by atoms with E-state index in [0.717, 1.165) is 80.7 Å². The molecule has 0 saturated carbocycles. The van der Waals surface area contributed by atoms with E-state index < -0.39 is 11.9 Å². The number of fused-ring (bicyclic) bond motifs is 7. The number of hydrogen-bond acceptors (Lipinski definition) is 6. The van der Waals surface area contributed by atoms with Crippen LogP contribution in [-0.2, 0) is 25.5 Å². The summed E-state index contributed by atoms with van der Waals surface area (Å²) in [6.45, 7) is 21.3. The van der Waals surface area contributed by atoms with Gasteiger partial charge in [-0.15, -0.1) is 0 Å². The van der Waals surface area contributed by atoms with Gasteiger partial charge in [-0.2, -0.15) is 0 Å². The summed E-state index contributed by atoms with van der Waals surface area (Å²) in [4.78, 5) is 51.9. The third kappa shape index (κ3) is 7.13. The number of hydrogen-bond donors (Lipinski definition) is 4. The molecule has 5 heterocycles. The Bertz CT molecular complexity index is 2230. The number of aromatic amines is 3. The van der Waals surface area contributed by atoms with Crippen molar-refractivity contribution in [3.05, 3.63) is 96.5 Å². The zero-order valence-corrected chi connectivity index (χ0v) is 33.4. The van der Waals surface area contributed by atoms with E-state index in [1.54, 1.807) is 0 Å². The van der Waals surface area contributed by atoms with Gasteiger partial charge in [-0.25, -0.2) is 0 Å². The number of rotatable bonds is 12. The van der Waals surface area contributed by atoms with E-state index in [2.05, 4.69) is 93.5 Å². The van der Waals surface area contributed by atoms with Gasteiger partial charge in [0.15, 0.2) is 5.78 Å². The van der Waals surface area contributed by atoms with Crippen LogP contribution in [0, 0.1) is 44.4 Å². The summed E-state index contributed by atoms with van der Waals surface area (Å²) in [7, 11) is 1.32. The lowest BCUT2D eigenvalue weighted by Gasteiger charge is -2.19. The Morgan fingerprint density at radius 3 is 2.37 bits per heavy atom. The van der Waals surface area contributed by atoms with E-state index in [1.165, 1.54) is 24.7 Å². The molecule has 3 aromatic rings. The predicted molar refractivity (Wildman–Crippen MR) is 216 cm³/mol. The summed E-state index contributed by atoms with van der Waals surface area (Å²) in [5.41, 5.74) is 12.4. The molecule has 4 N–H and O–H groups in total. The van der Waals surface area contributed by atoms with Crippen LogP contribution in [0.5, 0.6) is 0 Å². The topological polar surface area (TPSA) is 129 Å². The Kier molecular flexibility index (Phi) is 11.3. The minimum absolute atomic E-state index is 0.0826.